The van der Waals surface area contributed by atoms with Crippen LogP contribution >= 0.6 is 0 Å². The highest BCUT2D eigenvalue weighted by atomic mass is 16.5. The van der Waals surface area contributed by atoms with Crippen LogP contribution in [0.1, 0.15) is 28.5 Å². The van der Waals surface area contributed by atoms with Crippen molar-refractivity contribution in [2.24, 2.45) is 0 Å². The van der Waals surface area contributed by atoms with E-state index in [2.05, 4.69) is 4.98 Å². The van der Waals surface area contributed by atoms with Gasteiger partial charge in [0.25, 0.3) is 0 Å². The molecule has 0 bridgehead atoms. The van der Waals surface area contributed by atoms with Crippen LogP contribution in [-0.4, -0.2) is 17.6 Å². The topological polar surface area (TPSA) is 63.0 Å². The highest BCUT2D eigenvalue weighted by Gasteiger charge is 2.13. The summed E-state index contributed by atoms with van der Waals surface area (Å²) in [5.74, 6) is -0.552. The van der Waals surface area contributed by atoms with E-state index in [0.29, 0.717) is 0 Å². The summed E-state index contributed by atoms with van der Waals surface area (Å²) in [5, 5.41) is 8.76. The molecule has 0 radical (unpaired) electrons. The van der Waals surface area contributed by atoms with Crippen LogP contribution in [0.2, 0.25) is 0 Å². The summed E-state index contributed by atoms with van der Waals surface area (Å²) >= 11 is 0. The molecule has 1 heterocycles. The van der Waals surface area contributed by atoms with Gasteiger partial charge in [-0.3, -0.25) is 0 Å². The zero-order valence-electron chi connectivity index (χ0n) is 8.07. The number of hydrogen-bond donors (Lipinski definition) is 0. The minimum Gasteiger partial charge on any atom is -0.461 e. The monoisotopic (exact) mass is 190 g/mol. The summed E-state index contributed by atoms with van der Waals surface area (Å²) in [7, 11) is 0. The van der Waals surface area contributed by atoms with Crippen molar-refractivity contribution in [3.63, 3.8) is 0 Å². The zero-order valence-corrected chi connectivity index (χ0v) is 8.07. The third kappa shape index (κ3) is 2.07. The SMILES string of the molecule is CCOC(=O)c1ncc(C)cc1C#N. The molecule has 0 atom stereocenters. The van der Waals surface area contributed by atoms with Crippen LogP contribution in [0, 0.1) is 18.3 Å². The largest absolute Gasteiger partial charge is 0.461 e. The van der Waals surface area contributed by atoms with Crippen molar-refractivity contribution < 1.29 is 9.53 Å². The highest BCUT2D eigenvalue weighted by Crippen LogP contribution is 2.08. The maximum atomic E-state index is 11.3. The number of hydrogen-bond acceptors (Lipinski definition) is 4. The molecule has 0 aliphatic carbocycles. The second kappa shape index (κ2) is 4.38. The molecule has 72 valence electrons. The molecule has 0 aliphatic rings. The molecule has 0 fully saturated rings. The van der Waals surface area contributed by atoms with E-state index in [9.17, 15) is 4.79 Å². The number of carbonyl (C=O) groups excluding carboxylic acids is 1. The van der Waals surface area contributed by atoms with Crippen LogP contribution in [-0.2, 0) is 4.74 Å². The number of ether oxygens (including phenoxy) is 1. The van der Waals surface area contributed by atoms with Gasteiger partial charge in [0.05, 0.1) is 12.2 Å². The van der Waals surface area contributed by atoms with E-state index in [1.54, 1.807) is 13.0 Å². The second-order valence-electron chi connectivity index (χ2n) is 2.74. The Kier molecular flexibility index (Phi) is 3.19. The Morgan fingerprint density at radius 2 is 2.43 bits per heavy atom. The van der Waals surface area contributed by atoms with Gasteiger partial charge in [-0.1, -0.05) is 0 Å². The number of rotatable bonds is 2. The fourth-order valence-corrected chi connectivity index (χ4v) is 1.02. The molecule has 14 heavy (non-hydrogen) atoms. The normalized spacial score (nSPS) is 9.21. The van der Waals surface area contributed by atoms with Gasteiger partial charge < -0.3 is 4.74 Å². The van der Waals surface area contributed by atoms with E-state index in [-0.39, 0.29) is 17.9 Å². The maximum Gasteiger partial charge on any atom is 0.358 e. The van der Waals surface area contributed by atoms with Crippen molar-refractivity contribution in [3.8, 4) is 6.07 Å². The van der Waals surface area contributed by atoms with E-state index in [1.807, 2.05) is 13.0 Å². The molecule has 0 saturated heterocycles. The van der Waals surface area contributed by atoms with E-state index in [0.717, 1.165) is 5.56 Å². The minimum atomic E-state index is -0.552. The summed E-state index contributed by atoms with van der Waals surface area (Å²) in [6.07, 6.45) is 1.53. The van der Waals surface area contributed by atoms with Crippen LogP contribution in [0.3, 0.4) is 0 Å². The lowest BCUT2D eigenvalue weighted by Crippen LogP contribution is -2.09. The lowest BCUT2D eigenvalue weighted by atomic mass is 10.1. The number of nitriles is 1. The summed E-state index contributed by atoms with van der Waals surface area (Å²) in [6, 6.07) is 3.52. The van der Waals surface area contributed by atoms with Gasteiger partial charge in [0.15, 0.2) is 5.69 Å². The van der Waals surface area contributed by atoms with Crippen LogP contribution in [0.4, 0.5) is 0 Å². The summed E-state index contributed by atoms with van der Waals surface area (Å²) in [5.41, 5.74) is 1.18. The Morgan fingerprint density at radius 1 is 1.71 bits per heavy atom. The number of aryl methyl sites for hydroxylation is 1. The predicted octanol–water partition coefficient (Wildman–Crippen LogP) is 1.44. The number of nitrogens with zero attached hydrogens (tertiary/aromatic N) is 2. The van der Waals surface area contributed by atoms with E-state index in [4.69, 9.17) is 10.00 Å². The molecule has 0 spiro atoms. The Balaban J connectivity index is 3.09. The van der Waals surface area contributed by atoms with Gasteiger partial charge in [0.2, 0.25) is 0 Å². The standard InChI is InChI=1S/C10H10N2O2/c1-3-14-10(13)9-8(5-11)4-7(2)6-12-9/h4,6H,3H2,1-2H3. The van der Waals surface area contributed by atoms with Crippen LogP contribution in [0.25, 0.3) is 0 Å². The van der Waals surface area contributed by atoms with Crippen molar-refractivity contribution in [2.75, 3.05) is 6.61 Å². The quantitative estimate of drug-likeness (QED) is 0.662. The number of carbonyl (C=O) groups is 1. The number of aromatic nitrogens is 1. The molecule has 0 N–H and O–H groups in total. The van der Waals surface area contributed by atoms with Gasteiger partial charge in [-0.25, -0.2) is 9.78 Å². The predicted molar refractivity (Wildman–Crippen MR) is 49.6 cm³/mol. The lowest BCUT2D eigenvalue weighted by Gasteiger charge is -2.02. The Labute approximate surface area is 82.1 Å². The van der Waals surface area contributed by atoms with Gasteiger partial charge in [0.1, 0.15) is 6.07 Å². The highest BCUT2D eigenvalue weighted by molar-refractivity contribution is 5.89. The Hall–Kier alpha value is -1.89. The van der Waals surface area contributed by atoms with Crippen molar-refractivity contribution in [2.45, 2.75) is 13.8 Å². The van der Waals surface area contributed by atoms with Crippen LogP contribution < -0.4 is 0 Å². The smallest absolute Gasteiger partial charge is 0.358 e. The van der Waals surface area contributed by atoms with Gasteiger partial charge in [-0.15, -0.1) is 0 Å². The molecule has 0 aromatic carbocycles. The first kappa shape index (κ1) is 10.2. The van der Waals surface area contributed by atoms with Gasteiger partial charge in [-0.2, -0.15) is 5.26 Å². The van der Waals surface area contributed by atoms with Crippen molar-refractivity contribution in [3.05, 3.63) is 29.1 Å². The third-order valence-electron chi connectivity index (χ3n) is 1.61. The first-order valence-electron chi connectivity index (χ1n) is 4.23. The lowest BCUT2D eigenvalue weighted by molar-refractivity contribution is 0.0519. The van der Waals surface area contributed by atoms with Crippen molar-refractivity contribution >= 4 is 5.97 Å². The molecule has 1 aromatic rings. The molecule has 0 amide bonds. The molecule has 1 aromatic heterocycles. The maximum absolute atomic E-state index is 11.3. The van der Waals surface area contributed by atoms with Crippen molar-refractivity contribution in [1.82, 2.24) is 4.98 Å². The third-order valence-corrected chi connectivity index (χ3v) is 1.61. The fourth-order valence-electron chi connectivity index (χ4n) is 1.02. The van der Waals surface area contributed by atoms with E-state index in [1.165, 1.54) is 6.20 Å². The fraction of sp³-hybridized carbons (Fsp3) is 0.300. The van der Waals surface area contributed by atoms with Crippen molar-refractivity contribution in [1.29, 1.82) is 5.26 Å². The summed E-state index contributed by atoms with van der Waals surface area (Å²) in [4.78, 5) is 15.2. The summed E-state index contributed by atoms with van der Waals surface area (Å²) < 4.78 is 4.76. The van der Waals surface area contributed by atoms with E-state index < -0.39 is 5.97 Å². The van der Waals surface area contributed by atoms with Gasteiger partial charge in [-0.05, 0) is 25.5 Å². The average molecular weight is 190 g/mol. The zero-order chi connectivity index (χ0) is 10.6. The van der Waals surface area contributed by atoms with Crippen LogP contribution in [0.5, 0.6) is 0 Å². The Bertz CT molecular complexity index is 394. The number of esters is 1. The molecular formula is C10H10N2O2. The first-order chi connectivity index (χ1) is 6.69. The second-order valence-corrected chi connectivity index (χ2v) is 2.74. The van der Waals surface area contributed by atoms with Crippen LogP contribution in [0.15, 0.2) is 12.3 Å². The molecule has 0 aliphatic heterocycles. The molecule has 1 rings (SSSR count). The van der Waals surface area contributed by atoms with Gasteiger partial charge >= 0.3 is 5.97 Å². The minimum absolute atomic E-state index is 0.0833. The Morgan fingerprint density at radius 3 is 3.00 bits per heavy atom. The summed E-state index contributed by atoms with van der Waals surface area (Å²) in [6.45, 7) is 3.79. The molecule has 4 nitrogen and oxygen atoms in total. The van der Waals surface area contributed by atoms with Gasteiger partial charge in [0, 0.05) is 6.20 Å². The molecule has 0 saturated carbocycles. The number of pyridine rings is 1. The molecule has 0 unspecified atom stereocenters. The average Bonchev–Trinajstić information content (AvgIpc) is 2.17. The first-order valence-corrected chi connectivity index (χ1v) is 4.23. The molecular weight excluding hydrogens is 180 g/mol. The molecule has 4 heteroatoms. The van der Waals surface area contributed by atoms with E-state index >= 15 is 0 Å².